The first-order valence-corrected chi connectivity index (χ1v) is 6.12. The van der Waals surface area contributed by atoms with Crippen molar-refractivity contribution in [2.45, 2.75) is 19.5 Å². The number of fused-ring (bicyclic) bond motifs is 1. The van der Waals surface area contributed by atoms with Crippen LogP contribution in [0.5, 0.6) is 5.88 Å². The SMILES string of the molecule is Oc1cc2c(nn1)CN(Cc1ccccc1)CC2. The van der Waals surface area contributed by atoms with Crippen LogP contribution in [-0.2, 0) is 19.5 Å². The minimum atomic E-state index is 0.0188. The normalized spacial score (nSPS) is 15.3. The van der Waals surface area contributed by atoms with Gasteiger partial charge in [0.2, 0.25) is 5.88 Å². The summed E-state index contributed by atoms with van der Waals surface area (Å²) in [6.07, 6.45) is 0.922. The van der Waals surface area contributed by atoms with Crippen LogP contribution in [0.15, 0.2) is 36.4 Å². The molecule has 4 nitrogen and oxygen atoms in total. The van der Waals surface area contributed by atoms with Gasteiger partial charge in [-0.25, -0.2) is 0 Å². The molecular formula is C14H15N3O. The van der Waals surface area contributed by atoms with Gasteiger partial charge in [-0.15, -0.1) is 5.10 Å². The lowest BCUT2D eigenvalue weighted by atomic mass is 10.1. The Balaban J connectivity index is 1.73. The van der Waals surface area contributed by atoms with Crippen LogP contribution in [0.2, 0.25) is 0 Å². The zero-order valence-corrected chi connectivity index (χ0v) is 10.1. The summed E-state index contributed by atoms with van der Waals surface area (Å²) in [6, 6.07) is 12.2. The zero-order valence-electron chi connectivity index (χ0n) is 10.1. The van der Waals surface area contributed by atoms with Gasteiger partial charge in [0.15, 0.2) is 0 Å². The molecule has 18 heavy (non-hydrogen) atoms. The van der Waals surface area contributed by atoms with Crippen molar-refractivity contribution >= 4 is 0 Å². The minimum absolute atomic E-state index is 0.0188. The van der Waals surface area contributed by atoms with E-state index in [0.29, 0.717) is 0 Å². The summed E-state index contributed by atoms with van der Waals surface area (Å²) in [5.41, 5.74) is 3.41. The van der Waals surface area contributed by atoms with Gasteiger partial charge in [0.05, 0.1) is 5.69 Å². The first-order valence-electron chi connectivity index (χ1n) is 6.12. The Labute approximate surface area is 106 Å². The first-order chi connectivity index (χ1) is 8.81. The fourth-order valence-corrected chi connectivity index (χ4v) is 2.34. The lowest BCUT2D eigenvalue weighted by molar-refractivity contribution is 0.239. The summed E-state index contributed by atoms with van der Waals surface area (Å²) in [6.45, 7) is 2.73. The molecular weight excluding hydrogens is 226 g/mol. The molecule has 4 heteroatoms. The summed E-state index contributed by atoms with van der Waals surface area (Å²) < 4.78 is 0. The zero-order chi connectivity index (χ0) is 12.4. The molecule has 2 aromatic rings. The monoisotopic (exact) mass is 241 g/mol. The van der Waals surface area contributed by atoms with Crippen LogP contribution in [0, 0.1) is 0 Å². The van der Waals surface area contributed by atoms with Gasteiger partial charge >= 0.3 is 0 Å². The standard InChI is InChI=1S/C14H15N3O/c18-14-8-12-6-7-17(10-13(12)15-16-14)9-11-4-2-1-3-5-11/h1-5,8H,6-7,9-10H2,(H,16,18). The van der Waals surface area contributed by atoms with Crippen LogP contribution in [0.3, 0.4) is 0 Å². The molecule has 0 atom stereocenters. The Bertz CT molecular complexity index is 542. The third-order valence-electron chi connectivity index (χ3n) is 3.27. The molecule has 0 saturated heterocycles. The van der Waals surface area contributed by atoms with Crippen molar-refractivity contribution in [3.8, 4) is 5.88 Å². The van der Waals surface area contributed by atoms with Gasteiger partial charge in [0.25, 0.3) is 0 Å². The fraction of sp³-hybridized carbons (Fsp3) is 0.286. The van der Waals surface area contributed by atoms with Gasteiger partial charge in [-0.05, 0) is 17.5 Å². The molecule has 92 valence electrons. The van der Waals surface area contributed by atoms with E-state index >= 15 is 0 Å². The molecule has 0 amide bonds. The van der Waals surface area contributed by atoms with Crippen LogP contribution in [0.1, 0.15) is 16.8 Å². The molecule has 1 aromatic carbocycles. The van der Waals surface area contributed by atoms with E-state index < -0.39 is 0 Å². The smallest absolute Gasteiger partial charge is 0.231 e. The molecule has 0 radical (unpaired) electrons. The molecule has 0 fully saturated rings. The van der Waals surface area contributed by atoms with Crippen LogP contribution in [-0.4, -0.2) is 26.7 Å². The van der Waals surface area contributed by atoms with Crippen LogP contribution >= 0.6 is 0 Å². The van der Waals surface area contributed by atoms with Crippen molar-refractivity contribution in [1.82, 2.24) is 15.1 Å². The summed E-state index contributed by atoms with van der Waals surface area (Å²) >= 11 is 0. The maximum absolute atomic E-state index is 9.30. The summed E-state index contributed by atoms with van der Waals surface area (Å²) in [7, 11) is 0. The molecule has 1 N–H and O–H groups in total. The van der Waals surface area contributed by atoms with Crippen molar-refractivity contribution in [2.75, 3.05) is 6.54 Å². The van der Waals surface area contributed by atoms with E-state index in [1.165, 1.54) is 5.56 Å². The Morgan fingerprint density at radius 1 is 1.17 bits per heavy atom. The molecule has 1 aliphatic rings. The van der Waals surface area contributed by atoms with E-state index in [2.05, 4.69) is 39.4 Å². The molecule has 0 bridgehead atoms. The van der Waals surface area contributed by atoms with Gasteiger partial charge in [0, 0.05) is 25.7 Å². The fourth-order valence-electron chi connectivity index (χ4n) is 2.34. The maximum atomic E-state index is 9.30. The summed E-state index contributed by atoms with van der Waals surface area (Å²) in [5, 5.41) is 17.1. The highest BCUT2D eigenvalue weighted by Crippen LogP contribution is 2.20. The Kier molecular flexibility index (Phi) is 2.94. The molecule has 0 unspecified atom stereocenters. The molecule has 1 aliphatic heterocycles. The second kappa shape index (κ2) is 4.74. The average molecular weight is 241 g/mol. The van der Waals surface area contributed by atoms with E-state index in [4.69, 9.17) is 0 Å². The highest BCUT2D eigenvalue weighted by atomic mass is 16.3. The number of hydrogen-bond donors (Lipinski definition) is 1. The summed E-state index contributed by atoms with van der Waals surface area (Å²) in [5.74, 6) is 0.0188. The molecule has 3 rings (SSSR count). The van der Waals surface area contributed by atoms with Crippen molar-refractivity contribution in [3.63, 3.8) is 0 Å². The van der Waals surface area contributed by atoms with Gasteiger partial charge in [-0.3, -0.25) is 4.90 Å². The number of aromatic nitrogens is 2. The van der Waals surface area contributed by atoms with E-state index in [0.717, 1.165) is 37.3 Å². The molecule has 0 spiro atoms. The van der Waals surface area contributed by atoms with Crippen molar-refractivity contribution in [1.29, 1.82) is 0 Å². The van der Waals surface area contributed by atoms with Gasteiger partial charge in [0.1, 0.15) is 0 Å². The van der Waals surface area contributed by atoms with Crippen molar-refractivity contribution < 1.29 is 5.11 Å². The molecule has 2 heterocycles. The lowest BCUT2D eigenvalue weighted by Crippen LogP contribution is -2.30. The number of aromatic hydroxyl groups is 1. The topological polar surface area (TPSA) is 49.3 Å². The molecule has 0 aliphatic carbocycles. The highest BCUT2D eigenvalue weighted by Gasteiger charge is 2.18. The average Bonchev–Trinajstić information content (AvgIpc) is 2.40. The predicted octanol–water partition coefficient (Wildman–Crippen LogP) is 1.74. The Morgan fingerprint density at radius 3 is 2.83 bits per heavy atom. The van der Waals surface area contributed by atoms with Crippen LogP contribution in [0.25, 0.3) is 0 Å². The largest absolute Gasteiger partial charge is 0.492 e. The highest BCUT2D eigenvalue weighted by molar-refractivity contribution is 5.26. The third kappa shape index (κ3) is 2.33. The summed E-state index contributed by atoms with van der Waals surface area (Å²) in [4.78, 5) is 2.35. The predicted molar refractivity (Wildman–Crippen MR) is 68.0 cm³/mol. The maximum Gasteiger partial charge on any atom is 0.231 e. The van der Waals surface area contributed by atoms with E-state index in [1.54, 1.807) is 6.07 Å². The van der Waals surface area contributed by atoms with Crippen LogP contribution < -0.4 is 0 Å². The Hall–Kier alpha value is -1.94. The van der Waals surface area contributed by atoms with E-state index in [1.807, 2.05) is 6.07 Å². The number of hydrogen-bond acceptors (Lipinski definition) is 4. The number of rotatable bonds is 2. The molecule has 0 saturated carbocycles. The van der Waals surface area contributed by atoms with E-state index in [9.17, 15) is 5.11 Å². The lowest BCUT2D eigenvalue weighted by Gasteiger charge is -2.27. The van der Waals surface area contributed by atoms with Gasteiger partial charge in [-0.1, -0.05) is 30.3 Å². The minimum Gasteiger partial charge on any atom is -0.492 e. The van der Waals surface area contributed by atoms with E-state index in [-0.39, 0.29) is 5.88 Å². The van der Waals surface area contributed by atoms with Gasteiger partial charge in [-0.2, -0.15) is 5.10 Å². The quantitative estimate of drug-likeness (QED) is 0.870. The van der Waals surface area contributed by atoms with Crippen LogP contribution in [0.4, 0.5) is 0 Å². The van der Waals surface area contributed by atoms with Crippen molar-refractivity contribution in [3.05, 3.63) is 53.2 Å². The second-order valence-electron chi connectivity index (χ2n) is 4.62. The first kappa shape index (κ1) is 11.2. The Morgan fingerprint density at radius 2 is 2.00 bits per heavy atom. The van der Waals surface area contributed by atoms with Crippen molar-refractivity contribution in [2.24, 2.45) is 0 Å². The third-order valence-corrected chi connectivity index (χ3v) is 3.27. The second-order valence-corrected chi connectivity index (χ2v) is 4.62. The number of benzene rings is 1. The number of nitrogens with zero attached hydrogens (tertiary/aromatic N) is 3. The van der Waals surface area contributed by atoms with Gasteiger partial charge < -0.3 is 5.11 Å². The molecule has 1 aromatic heterocycles.